The largest absolute Gasteiger partial charge is 0.398 e. The molecule has 0 atom stereocenters. The van der Waals surface area contributed by atoms with Gasteiger partial charge in [-0.15, -0.1) is 0 Å². The van der Waals surface area contributed by atoms with Gasteiger partial charge in [0.25, 0.3) is 0 Å². The Morgan fingerprint density at radius 2 is 1.33 bits per heavy atom. The summed E-state index contributed by atoms with van der Waals surface area (Å²) < 4.78 is 7.11. The maximum Gasteiger partial charge on any atom is 0.241 e. The van der Waals surface area contributed by atoms with Gasteiger partial charge in [-0.3, -0.25) is 0 Å². The van der Waals surface area contributed by atoms with E-state index in [0.717, 1.165) is 6.42 Å². The lowest BCUT2D eigenvalue weighted by Gasteiger charge is -2.53. The highest BCUT2D eigenvalue weighted by Gasteiger charge is 2.59. The van der Waals surface area contributed by atoms with E-state index in [1.54, 1.807) is 0 Å². The van der Waals surface area contributed by atoms with E-state index < -0.39 is 21.0 Å². The predicted molar refractivity (Wildman–Crippen MR) is 109 cm³/mol. The molecular weight excluding hydrogens is 324 g/mol. The van der Waals surface area contributed by atoms with Gasteiger partial charge in [0.05, 0.1) is 13.2 Å². The van der Waals surface area contributed by atoms with E-state index in [9.17, 15) is 0 Å². The summed E-state index contributed by atoms with van der Waals surface area (Å²) in [7, 11) is -4.00. The van der Waals surface area contributed by atoms with Gasteiger partial charge in [-0.1, -0.05) is 105 Å². The molecule has 1 heterocycles. The van der Waals surface area contributed by atoms with Crippen LogP contribution in [0, 0.1) is 0 Å². The molecule has 1 saturated heterocycles. The molecule has 0 radical (unpaired) electrons. The van der Waals surface area contributed by atoms with Crippen LogP contribution >= 0.6 is 0 Å². The Morgan fingerprint density at radius 1 is 0.875 bits per heavy atom. The fraction of sp³-hybridized carbons (Fsp3) is 0.238. The summed E-state index contributed by atoms with van der Waals surface area (Å²) >= 11 is 0. The fourth-order valence-corrected chi connectivity index (χ4v) is 18.4. The monoisotopic (exact) mass is 350 g/mol. The van der Waals surface area contributed by atoms with Crippen molar-refractivity contribution in [3.63, 3.8) is 0 Å². The van der Waals surface area contributed by atoms with Crippen LogP contribution in [-0.4, -0.2) is 21.0 Å². The number of benzene rings is 2. The number of rotatable bonds is 4. The van der Waals surface area contributed by atoms with E-state index in [-0.39, 0.29) is 0 Å². The average Bonchev–Trinajstić information content (AvgIpc) is 2.64. The fourth-order valence-electron chi connectivity index (χ4n) is 3.94. The Morgan fingerprint density at radius 3 is 1.75 bits per heavy atom. The molecule has 2 aromatic rings. The van der Waals surface area contributed by atoms with E-state index in [1.165, 1.54) is 16.4 Å². The lowest BCUT2D eigenvalue weighted by molar-refractivity contribution is 0.161. The molecule has 124 valence electrons. The van der Waals surface area contributed by atoms with Gasteiger partial charge in [-0.05, 0) is 16.8 Å². The first-order valence-corrected chi connectivity index (χ1v) is 14.7. The molecule has 1 aliphatic rings. The van der Waals surface area contributed by atoms with Crippen LogP contribution in [-0.2, 0) is 4.43 Å². The minimum Gasteiger partial charge on any atom is -0.398 e. The van der Waals surface area contributed by atoms with Crippen molar-refractivity contribution in [1.29, 1.82) is 0 Å². The van der Waals surface area contributed by atoms with Gasteiger partial charge in [-0.2, -0.15) is 0 Å². The summed E-state index contributed by atoms with van der Waals surface area (Å²) in [6.07, 6.45) is 4.90. The van der Waals surface area contributed by atoms with Crippen LogP contribution < -0.4 is 10.4 Å². The first-order valence-electron chi connectivity index (χ1n) is 8.58. The molecule has 1 nitrogen and oxygen atoms in total. The molecule has 0 unspecified atom stereocenters. The van der Waals surface area contributed by atoms with Crippen LogP contribution in [0.5, 0.6) is 0 Å². The Balaban J connectivity index is 2.30. The molecule has 0 bridgehead atoms. The Hall–Kier alpha value is -1.69. The molecule has 0 aliphatic carbocycles. The first-order chi connectivity index (χ1) is 11.5. The smallest absolute Gasteiger partial charge is 0.241 e. The van der Waals surface area contributed by atoms with Crippen LogP contribution in [0.15, 0.2) is 86.0 Å². The van der Waals surface area contributed by atoms with Crippen molar-refractivity contribution in [2.75, 3.05) is 0 Å². The molecule has 0 N–H and O–H groups in total. The third-order valence-electron chi connectivity index (χ3n) is 5.49. The van der Waals surface area contributed by atoms with Crippen molar-refractivity contribution in [3.8, 4) is 0 Å². The number of hydrogen-bond donors (Lipinski definition) is 0. The quantitative estimate of drug-likeness (QED) is 0.597. The maximum atomic E-state index is 7.11. The van der Waals surface area contributed by atoms with Gasteiger partial charge in [0.15, 0.2) is 0 Å². The molecule has 3 rings (SSSR count). The molecular formula is C21H26OSi2. The lowest BCUT2D eigenvalue weighted by atomic mass is 10.0. The standard InChI is InChI=1S/C21H26OSi2/c1-5-21(6-2)17-18-23(3,4)24(22-21,19-13-9-7-10-14-19)20-15-11-8-12-16-20/h5-16H,1-2,17-18H2,3-4H3. The third kappa shape index (κ3) is 2.57. The SMILES string of the molecule is C=CC1(C=C)CC[Si](C)(C)[Si](c2ccccc2)(c2ccccc2)O1. The van der Waals surface area contributed by atoms with Gasteiger partial charge in [0.2, 0.25) is 7.83 Å². The van der Waals surface area contributed by atoms with Crippen molar-refractivity contribution < 1.29 is 4.43 Å². The van der Waals surface area contributed by atoms with Gasteiger partial charge in [0.1, 0.15) is 0 Å². The zero-order chi connectivity index (χ0) is 17.3. The van der Waals surface area contributed by atoms with Gasteiger partial charge in [-0.25, -0.2) is 0 Å². The van der Waals surface area contributed by atoms with Crippen molar-refractivity contribution in [3.05, 3.63) is 86.0 Å². The molecule has 0 saturated carbocycles. The summed E-state index contributed by atoms with van der Waals surface area (Å²) in [6.45, 7) is 13.1. The highest BCUT2D eigenvalue weighted by Crippen LogP contribution is 2.40. The van der Waals surface area contributed by atoms with Crippen LogP contribution in [0.2, 0.25) is 19.1 Å². The summed E-state index contributed by atoms with van der Waals surface area (Å²) in [4.78, 5) is 0. The molecule has 1 fully saturated rings. The third-order valence-corrected chi connectivity index (χ3v) is 20.4. The van der Waals surface area contributed by atoms with Gasteiger partial charge in [0, 0.05) is 0 Å². The molecule has 1 aliphatic heterocycles. The molecule has 2 aromatic carbocycles. The van der Waals surface area contributed by atoms with Crippen molar-refractivity contribution >= 4 is 25.8 Å². The summed E-state index contributed by atoms with van der Waals surface area (Å²) in [5, 5.41) is 2.75. The highest BCUT2D eigenvalue weighted by molar-refractivity contribution is 7.48. The molecule has 0 spiro atoms. The summed E-state index contributed by atoms with van der Waals surface area (Å²) in [5.41, 5.74) is -0.416. The topological polar surface area (TPSA) is 9.23 Å². The molecule has 0 amide bonds. The average molecular weight is 351 g/mol. The van der Waals surface area contributed by atoms with Crippen LogP contribution in [0.4, 0.5) is 0 Å². The van der Waals surface area contributed by atoms with Crippen LogP contribution in [0.25, 0.3) is 0 Å². The lowest BCUT2D eigenvalue weighted by Crippen LogP contribution is -2.80. The first kappa shape index (κ1) is 17.1. The zero-order valence-corrected chi connectivity index (χ0v) is 16.7. The van der Waals surface area contributed by atoms with Crippen LogP contribution in [0.3, 0.4) is 0 Å². The zero-order valence-electron chi connectivity index (χ0n) is 14.7. The van der Waals surface area contributed by atoms with E-state index in [4.69, 9.17) is 4.43 Å². The van der Waals surface area contributed by atoms with Crippen LogP contribution in [0.1, 0.15) is 6.42 Å². The normalized spacial score (nSPS) is 20.9. The van der Waals surface area contributed by atoms with E-state index >= 15 is 0 Å². The van der Waals surface area contributed by atoms with E-state index in [1.807, 2.05) is 12.2 Å². The minimum absolute atomic E-state index is 0.416. The summed E-state index contributed by atoms with van der Waals surface area (Å²) in [5.74, 6) is 0. The van der Waals surface area contributed by atoms with Crippen molar-refractivity contribution in [2.24, 2.45) is 0 Å². The second kappa shape index (κ2) is 6.32. The minimum atomic E-state index is -2.34. The maximum absolute atomic E-state index is 7.11. The predicted octanol–water partition coefficient (Wildman–Crippen LogP) is 4.06. The van der Waals surface area contributed by atoms with E-state index in [2.05, 4.69) is 86.9 Å². The van der Waals surface area contributed by atoms with E-state index in [0.29, 0.717) is 0 Å². The summed E-state index contributed by atoms with van der Waals surface area (Å²) in [6, 6.07) is 23.0. The second-order valence-electron chi connectivity index (χ2n) is 7.26. The van der Waals surface area contributed by atoms with Crippen molar-refractivity contribution in [1.82, 2.24) is 0 Å². The molecule has 3 heteroatoms. The Kier molecular flexibility index (Phi) is 4.51. The Bertz CT molecular complexity index is 675. The van der Waals surface area contributed by atoms with Gasteiger partial charge < -0.3 is 4.43 Å². The van der Waals surface area contributed by atoms with Gasteiger partial charge >= 0.3 is 0 Å². The van der Waals surface area contributed by atoms with Crippen molar-refractivity contribution in [2.45, 2.75) is 31.2 Å². The molecule has 24 heavy (non-hydrogen) atoms. The number of hydrogen-bond acceptors (Lipinski definition) is 1. The molecule has 0 aromatic heterocycles. The highest BCUT2D eigenvalue weighted by atomic mass is 29.3. The second-order valence-corrected chi connectivity index (χ2v) is 20.4. The Labute approximate surface area is 147 Å².